The fourth-order valence-corrected chi connectivity index (χ4v) is 3.82. The minimum atomic E-state index is -0.449. The molecule has 1 aliphatic heterocycles. The quantitative estimate of drug-likeness (QED) is 0.685. The third kappa shape index (κ3) is 6.35. The Morgan fingerprint density at radius 3 is 2.39 bits per heavy atom. The van der Waals surface area contributed by atoms with Crippen molar-refractivity contribution >= 4 is 34.8 Å². The Bertz CT molecular complexity index is 912. The summed E-state index contributed by atoms with van der Waals surface area (Å²) in [5.41, 5.74) is 2.46. The van der Waals surface area contributed by atoms with Crippen molar-refractivity contribution in [3.05, 3.63) is 53.1 Å². The van der Waals surface area contributed by atoms with Crippen LogP contribution in [-0.2, 0) is 9.59 Å². The normalized spacial score (nSPS) is 15.3. The minimum absolute atomic E-state index is 0.0978. The van der Waals surface area contributed by atoms with Gasteiger partial charge in [-0.15, -0.1) is 0 Å². The van der Waals surface area contributed by atoms with Gasteiger partial charge in [0.1, 0.15) is 5.75 Å². The molecule has 1 heterocycles. The average molecular weight is 445 g/mol. The molecule has 1 atom stereocenters. The summed E-state index contributed by atoms with van der Waals surface area (Å²) in [6, 6.07) is 12.4. The molecule has 166 valence electrons. The molecule has 1 fully saturated rings. The number of nitrogens with one attached hydrogen (secondary N) is 2. The van der Waals surface area contributed by atoms with Crippen molar-refractivity contribution in [2.75, 3.05) is 50.6 Å². The van der Waals surface area contributed by atoms with Crippen molar-refractivity contribution in [2.45, 2.75) is 19.4 Å². The smallest absolute Gasteiger partial charge is 0.226 e. The number of halogens is 1. The third-order valence-electron chi connectivity index (χ3n) is 5.36. The molecule has 1 aliphatic rings. The topological polar surface area (TPSA) is 73.9 Å². The number of methoxy groups -OCH3 is 1. The fourth-order valence-electron chi connectivity index (χ4n) is 3.65. The van der Waals surface area contributed by atoms with Gasteiger partial charge >= 0.3 is 0 Å². The number of likely N-dealkylation sites (N-methyl/N-ethyl adjacent to an activating group) is 1. The lowest BCUT2D eigenvalue weighted by atomic mass is 10.0. The van der Waals surface area contributed by atoms with Gasteiger partial charge in [-0.3, -0.25) is 9.59 Å². The minimum Gasteiger partial charge on any atom is -0.497 e. The second-order valence-electron chi connectivity index (χ2n) is 7.73. The van der Waals surface area contributed by atoms with Crippen LogP contribution in [0.4, 0.5) is 11.4 Å². The molecule has 0 aromatic heterocycles. The van der Waals surface area contributed by atoms with Crippen molar-refractivity contribution in [3.63, 3.8) is 0 Å². The molecule has 1 saturated heterocycles. The number of nitrogens with zero attached hydrogens (tertiary/aromatic N) is 2. The zero-order chi connectivity index (χ0) is 22.4. The molecule has 0 spiro atoms. The molecular weight excluding hydrogens is 416 g/mol. The summed E-state index contributed by atoms with van der Waals surface area (Å²) in [7, 11) is 3.69. The van der Waals surface area contributed by atoms with Crippen molar-refractivity contribution < 1.29 is 14.3 Å². The van der Waals surface area contributed by atoms with E-state index in [1.165, 1.54) is 6.92 Å². The Balaban J connectivity index is 1.75. The predicted octanol–water partition coefficient (Wildman–Crippen LogP) is 3.31. The van der Waals surface area contributed by atoms with Gasteiger partial charge in [-0.2, -0.15) is 0 Å². The maximum absolute atomic E-state index is 12.9. The van der Waals surface area contributed by atoms with E-state index in [1.54, 1.807) is 13.2 Å². The molecule has 0 saturated carbocycles. The van der Waals surface area contributed by atoms with Crippen LogP contribution in [0.25, 0.3) is 0 Å². The summed E-state index contributed by atoms with van der Waals surface area (Å²) in [6.45, 7) is 5.11. The van der Waals surface area contributed by atoms with Crippen molar-refractivity contribution in [1.29, 1.82) is 0 Å². The Morgan fingerprint density at radius 1 is 1.10 bits per heavy atom. The van der Waals surface area contributed by atoms with Gasteiger partial charge in [0.05, 0.1) is 30.9 Å². The van der Waals surface area contributed by atoms with Gasteiger partial charge in [0.15, 0.2) is 0 Å². The van der Waals surface area contributed by atoms with Crippen molar-refractivity contribution in [1.82, 2.24) is 10.2 Å². The van der Waals surface area contributed by atoms with Crippen LogP contribution < -0.4 is 20.3 Å². The Morgan fingerprint density at radius 2 is 1.77 bits per heavy atom. The van der Waals surface area contributed by atoms with E-state index in [1.807, 2.05) is 36.4 Å². The summed E-state index contributed by atoms with van der Waals surface area (Å²) < 4.78 is 5.19. The van der Waals surface area contributed by atoms with Gasteiger partial charge in [-0.05, 0) is 42.9 Å². The number of carbonyl (C=O) groups excluding carboxylic acids is 2. The van der Waals surface area contributed by atoms with E-state index < -0.39 is 6.04 Å². The molecule has 0 bridgehead atoms. The first-order valence-electron chi connectivity index (χ1n) is 10.3. The second-order valence-corrected chi connectivity index (χ2v) is 8.17. The summed E-state index contributed by atoms with van der Waals surface area (Å²) in [5, 5.41) is 6.42. The number of piperazine rings is 1. The molecule has 2 aromatic rings. The molecule has 31 heavy (non-hydrogen) atoms. The average Bonchev–Trinajstić information content (AvgIpc) is 2.74. The monoisotopic (exact) mass is 444 g/mol. The van der Waals surface area contributed by atoms with Crippen LogP contribution >= 0.6 is 11.6 Å². The van der Waals surface area contributed by atoms with Gasteiger partial charge in [-0.1, -0.05) is 23.7 Å². The number of benzene rings is 2. The fraction of sp³-hybridized carbons (Fsp3) is 0.391. The SMILES string of the molecule is COc1ccc(C(CC(=O)Nc2cc(Cl)ccc2N2CCN(C)CC2)NC(C)=O)cc1. The second kappa shape index (κ2) is 10.5. The lowest BCUT2D eigenvalue weighted by Crippen LogP contribution is -2.44. The zero-order valence-electron chi connectivity index (χ0n) is 18.2. The van der Waals surface area contributed by atoms with Gasteiger partial charge in [-0.25, -0.2) is 0 Å². The highest BCUT2D eigenvalue weighted by atomic mass is 35.5. The summed E-state index contributed by atoms with van der Waals surface area (Å²) in [6.07, 6.45) is 0.0978. The van der Waals surface area contributed by atoms with Crippen LogP contribution in [0.5, 0.6) is 5.75 Å². The van der Waals surface area contributed by atoms with Gasteiger partial charge in [0, 0.05) is 38.1 Å². The largest absolute Gasteiger partial charge is 0.497 e. The number of amides is 2. The first kappa shape index (κ1) is 22.9. The van der Waals surface area contributed by atoms with E-state index >= 15 is 0 Å². The first-order chi connectivity index (χ1) is 14.9. The lowest BCUT2D eigenvalue weighted by Gasteiger charge is -2.35. The van der Waals surface area contributed by atoms with E-state index in [-0.39, 0.29) is 18.2 Å². The zero-order valence-corrected chi connectivity index (χ0v) is 18.9. The molecule has 3 rings (SSSR count). The van der Waals surface area contributed by atoms with Crippen LogP contribution in [0.1, 0.15) is 24.9 Å². The van der Waals surface area contributed by atoms with E-state index in [4.69, 9.17) is 16.3 Å². The molecule has 8 heteroatoms. The number of ether oxygens (including phenoxy) is 1. The van der Waals surface area contributed by atoms with E-state index in [0.29, 0.717) is 16.5 Å². The number of hydrogen-bond donors (Lipinski definition) is 2. The Hall–Kier alpha value is -2.77. The summed E-state index contributed by atoms with van der Waals surface area (Å²) >= 11 is 6.21. The highest BCUT2D eigenvalue weighted by molar-refractivity contribution is 6.31. The van der Waals surface area contributed by atoms with Crippen molar-refractivity contribution in [2.24, 2.45) is 0 Å². The predicted molar refractivity (Wildman–Crippen MR) is 124 cm³/mol. The molecule has 0 aliphatic carbocycles. The maximum atomic E-state index is 12.9. The lowest BCUT2D eigenvalue weighted by molar-refractivity contribution is -0.120. The van der Waals surface area contributed by atoms with E-state index in [2.05, 4.69) is 27.5 Å². The maximum Gasteiger partial charge on any atom is 0.226 e. The molecule has 2 N–H and O–H groups in total. The first-order valence-corrected chi connectivity index (χ1v) is 10.7. The van der Waals surface area contributed by atoms with Crippen LogP contribution in [0.15, 0.2) is 42.5 Å². The molecule has 2 amide bonds. The van der Waals surface area contributed by atoms with Gasteiger partial charge in [0.25, 0.3) is 0 Å². The Labute approximate surface area is 188 Å². The van der Waals surface area contributed by atoms with Crippen LogP contribution in [0.3, 0.4) is 0 Å². The molecule has 2 aromatic carbocycles. The van der Waals surface area contributed by atoms with E-state index in [0.717, 1.165) is 37.4 Å². The van der Waals surface area contributed by atoms with Crippen LogP contribution in [0, 0.1) is 0 Å². The Kier molecular flexibility index (Phi) is 7.76. The molecule has 7 nitrogen and oxygen atoms in total. The summed E-state index contributed by atoms with van der Waals surface area (Å²) in [4.78, 5) is 29.2. The van der Waals surface area contributed by atoms with E-state index in [9.17, 15) is 9.59 Å². The third-order valence-corrected chi connectivity index (χ3v) is 5.60. The highest BCUT2D eigenvalue weighted by Gasteiger charge is 2.21. The molecular formula is C23H29ClN4O3. The van der Waals surface area contributed by atoms with Crippen LogP contribution in [0.2, 0.25) is 5.02 Å². The number of rotatable bonds is 7. The number of anilines is 2. The highest BCUT2D eigenvalue weighted by Crippen LogP contribution is 2.31. The number of carbonyl (C=O) groups is 2. The van der Waals surface area contributed by atoms with Gasteiger partial charge in [0.2, 0.25) is 11.8 Å². The summed E-state index contributed by atoms with van der Waals surface area (Å²) in [5.74, 6) is 0.312. The van der Waals surface area contributed by atoms with Crippen molar-refractivity contribution in [3.8, 4) is 5.75 Å². The molecule has 1 unspecified atom stereocenters. The standard InChI is InChI=1S/C23H29ClN4O3/c1-16(29)25-20(17-4-7-19(31-3)8-5-17)15-23(30)26-21-14-18(24)6-9-22(21)28-12-10-27(2)11-13-28/h4-9,14,20H,10-13,15H2,1-3H3,(H,25,29)(H,26,30). The van der Waals surface area contributed by atoms with Crippen LogP contribution in [-0.4, -0.2) is 57.1 Å². The number of hydrogen-bond acceptors (Lipinski definition) is 5. The molecule has 0 radical (unpaired) electrons. The van der Waals surface area contributed by atoms with Gasteiger partial charge < -0.3 is 25.2 Å².